The molecule has 1 aromatic rings. The third-order valence-corrected chi connectivity index (χ3v) is 3.44. The van der Waals surface area contributed by atoms with Crippen LogP contribution in [0.1, 0.15) is 38.7 Å². The molecule has 2 nitrogen and oxygen atoms in total. The van der Waals surface area contributed by atoms with Gasteiger partial charge in [-0.2, -0.15) is 0 Å². The molecule has 0 amide bonds. The molecule has 2 atom stereocenters. The quantitative estimate of drug-likeness (QED) is 0.874. The zero-order valence-corrected chi connectivity index (χ0v) is 10.8. The lowest BCUT2D eigenvalue weighted by atomic mass is 9.95. The van der Waals surface area contributed by atoms with Crippen LogP contribution in [-0.2, 0) is 0 Å². The molecule has 1 aliphatic rings. The molecule has 17 heavy (non-hydrogen) atoms. The van der Waals surface area contributed by atoms with E-state index in [-0.39, 0.29) is 11.9 Å². The van der Waals surface area contributed by atoms with E-state index in [9.17, 15) is 4.39 Å². The van der Waals surface area contributed by atoms with Gasteiger partial charge in [-0.05, 0) is 44.9 Å². The Labute approximate surface area is 103 Å². The van der Waals surface area contributed by atoms with Gasteiger partial charge in [0.1, 0.15) is 5.82 Å². The summed E-state index contributed by atoms with van der Waals surface area (Å²) in [7, 11) is 0. The number of hydrogen-bond acceptors (Lipinski definition) is 2. The first-order chi connectivity index (χ1) is 7.99. The Balaban J connectivity index is 2.34. The van der Waals surface area contributed by atoms with E-state index in [1.807, 2.05) is 13.0 Å². The predicted molar refractivity (Wildman–Crippen MR) is 69.9 cm³/mol. The molecule has 0 saturated heterocycles. The maximum atomic E-state index is 13.3. The fourth-order valence-electron chi connectivity index (χ4n) is 2.68. The number of anilines is 1. The molecule has 2 unspecified atom stereocenters. The molecule has 0 aromatic heterocycles. The van der Waals surface area contributed by atoms with Gasteiger partial charge in [-0.15, -0.1) is 0 Å². The van der Waals surface area contributed by atoms with Crippen molar-refractivity contribution in [3.8, 4) is 0 Å². The molecule has 94 valence electrons. The van der Waals surface area contributed by atoms with Crippen molar-refractivity contribution in [1.29, 1.82) is 0 Å². The highest BCUT2D eigenvalue weighted by molar-refractivity contribution is 5.61. The van der Waals surface area contributed by atoms with E-state index < -0.39 is 0 Å². The van der Waals surface area contributed by atoms with E-state index in [4.69, 9.17) is 5.73 Å². The third kappa shape index (κ3) is 2.44. The number of rotatable bonds is 3. The van der Waals surface area contributed by atoms with Gasteiger partial charge in [0, 0.05) is 30.2 Å². The van der Waals surface area contributed by atoms with Gasteiger partial charge < -0.3 is 10.6 Å². The second kappa shape index (κ2) is 4.65. The lowest BCUT2D eigenvalue weighted by Crippen LogP contribution is -2.30. The first-order valence-electron chi connectivity index (χ1n) is 6.30. The van der Waals surface area contributed by atoms with Crippen molar-refractivity contribution < 1.29 is 4.39 Å². The van der Waals surface area contributed by atoms with E-state index in [0.29, 0.717) is 12.0 Å². The van der Waals surface area contributed by atoms with E-state index in [0.717, 1.165) is 18.7 Å². The summed E-state index contributed by atoms with van der Waals surface area (Å²) in [6, 6.07) is 5.70. The van der Waals surface area contributed by atoms with Gasteiger partial charge in [0.25, 0.3) is 0 Å². The Morgan fingerprint density at radius 1 is 1.41 bits per heavy atom. The SMILES string of the molecule is CC(N)CC1CN(C(C)C)c2cc(F)ccc21. The number of benzene rings is 1. The third-order valence-electron chi connectivity index (χ3n) is 3.44. The van der Waals surface area contributed by atoms with Crippen molar-refractivity contribution in [2.75, 3.05) is 11.4 Å². The van der Waals surface area contributed by atoms with Crippen molar-refractivity contribution in [1.82, 2.24) is 0 Å². The molecule has 0 radical (unpaired) electrons. The Hall–Kier alpha value is -1.09. The summed E-state index contributed by atoms with van der Waals surface area (Å²) in [4.78, 5) is 2.27. The fraction of sp³-hybridized carbons (Fsp3) is 0.571. The normalized spacial score (nSPS) is 20.8. The molecular formula is C14H21FN2. The van der Waals surface area contributed by atoms with Crippen LogP contribution in [-0.4, -0.2) is 18.6 Å². The lowest BCUT2D eigenvalue weighted by molar-refractivity contribution is 0.552. The van der Waals surface area contributed by atoms with E-state index in [1.54, 1.807) is 12.1 Å². The van der Waals surface area contributed by atoms with Crippen LogP contribution in [0, 0.1) is 5.82 Å². The first-order valence-corrected chi connectivity index (χ1v) is 6.30. The van der Waals surface area contributed by atoms with Crippen molar-refractivity contribution in [2.45, 2.75) is 45.2 Å². The van der Waals surface area contributed by atoms with Crippen molar-refractivity contribution in [3.63, 3.8) is 0 Å². The van der Waals surface area contributed by atoms with E-state index in [2.05, 4.69) is 18.7 Å². The summed E-state index contributed by atoms with van der Waals surface area (Å²) >= 11 is 0. The Bertz CT molecular complexity index is 401. The summed E-state index contributed by atoms with van der Waals surface area (Å²) < 4.78 is 13.3. The van der Waals surface area contributed by atoms with Crippen molar-refractivity contribution in [2.24, 2.45) is 5.73 Å². The maximum absolute atomic E-state index is 13.3. The molecule has 2 rings (SSSR count). The Morgan fingerprint density at radius 2 is 2.12 bits per heavy atom. The molecular weight excluding hydrogens is 215 g/mol. The van der Waals surface area contributed by atoms with Crippen LogP contribution in [0.25, 0.3) is 0 Å². The van der Waals surface area contributed by atoms with Gasteiger partial charge in [-0.3, -0.25) is 0 Å². The summed E-state index contributed by atoms with van der Waals surface area (Å²) in [6.45, 7) is 7.27. The lowest BCUT2D eigenvalue weighted by Gasteiger charge is -2.24. The number of hydrogen-bond donors (Lipinski definition) is 1. The van der Waals surface area contributed by atoms with Crippen LogP contribution < -0.4 is 10.6 Å². The van der Waals surface area contributed by atoms with Gasteiger partial charge in [0.15, 0.2) is 0 Å². The summed E-state index contributed by atoms with van der Waals surface area (Å²) in [6.07, 6.45) is 0.960. The molecule has 0 saturated carbocycles. The Morgan fingerprint density at radius 3 is 2.71 bits per heavy atom. The van der Waals surface area contributed by atoms with Gasteiger partial charge in [-0.1, -0.05) is 6.07 Å². The van der Waals surface area contributed by atoms with Crippen LogP contribution in [0.4, 0.5) is 10.1 Å². The highest BCUT2D eigenvalue weighted by atomic mass is 19.1. The monoisotopic (exact) mass is 236 g/mol. The zero-order chi connectivity index (χ0) is 12.6. The first kappa shape index (κ1) is 12.4. The van der Waals surface area contributed by atoms with Crippen LogP contribution >= 0.6 is 0 Å². The number of nitrogens with two attached hydrogens (primary N) is 1. The number of fused-ring (bicyclic) bond motifs is 1. The second-order valence-corrected chi connectivity index (χ2v) is 5.36. The molecule has 0 spiro atoms. The Kier molecular flexibility index (Phi) is 3.38. The number of halogens is 1. The average molecular weight is 236 g/mol. The average Bonchev–Trinajstić information content (AvgIpc) is 2.55. The molecule has 0 aliphatic carbocycles. The maximum Gasteiger partial charge on any atom is 0.125 e. The van der Waals surface area contributed by atoms with Crippen LogP contribution in [0.15, 0.2) is 18.2 Å². The topological polar surface area (TPSA) is 29.3 Å². The molecule has 2 N–H and O–H groups in total. The van der Waals surface area contributed by atoms with Crippen LogP contribution in [0.3, 0.4) is 0 Å². The van der Waals surface area contributed by atoms with Gasteiger partial charge in [0.2, 0.25) is 0 Å². The van der Waals surface area contributed by atoms with Gasteiger partial charge in [0.05, 0.1) is 0 Å². The zero-order valence-electron chi connectivity index (χ0n) is 10.8. The summed E-state index contributed by atoms with van der Waals surface area (Å²) in [5, 5.41) is 0. The molecule has 0 bridgehead atoms. The van der Waals surface area contributed by atoms with Crippen molar-refractivity contribution in [3.05, 3.63) is 29.6 Å². The largest absolute Gasteiger partial charge is 0.368 e. The minimum absolute atomic E-state index is 0.157. The predicted octanol–water partition coefficient (Wildman–Crippen LogP) is 2.88. The summed E-state index contributed by atoms with van der Waals surface area (Å²) in [5.41, 5.74) is 8.18. The van der Waals surface area contributed by atoms with E-state index >= 15 is 0 Å². The molecule has 1 aliphatic heterocycles. The number of nitrogens with zero attached hydrogens (tertiary/aromatic N) is 1. The standard InChI is InChI=1S/C14H21FN2/c1-9(2)17-8-11(6-10(3)16)13-5-4-12(15)7-14(13)17/h4-5,7,9-11H,6,8,16H2,1-3H3. The highest BCUT2D eigenvalue weighted by Gasteiger charge is 2.30. The van der Waals surface area contributed by atoms with Crippen LogP contribution in [0.5, 0.6) is 0 Å². The highest BCUT2D eigenvalue weighted by Crippen LogP contribution is 2.39. The minimum Gasteiger partial charge on any atom is -0.368 e. The smallest absolute Gasteiger partial charge is 0.125 e. The summed E-state index contributed by atoms with van der Waals surface area (Å²) in [5.74, 6) is 0.281. The van der Waals surface area contributed by atoms with Gasteiger partial charge >= 0.3 is 0 Å². The molecule has 0 fully saturated rings. The molecule has 1 heterocycles. The molecule has 1 aromatic carbocycles. The second-order valence-electron chi connectivity index (χ2n) is 5.36. The minimum atomic E-state index is -0.157. The van der Waals surface area contributed by atoms with Crippen molar-refractivity contribution >= 4 is 5.69 Å². The fourth-order valence-corrected chi connectivity index (χ4v) is 2.68. The molecule has 3 heteroatoms. The van der Waals surface area contributed by atoms with Crippen LogP contribution in [0.2, 0.25) is 0 Å². The van der Waals surface area contributed by atoms with Gasteiger partial charge in [-0.25, -0.2) is 4.39 Å². The van der Waals surface area contributed by atoms with E-state index in [1.165, 1.54) is 5.56 Å².